The van der Waals surface area contributed by atoms with E-state index in [4.69, 9.17) is 4.84 Å². The van der Waals surface area contributed by atoms with E-state index in [-0.39, 0.29) is 24.9 Å². The van der Waals surface area contributed by atoms with Gasteiger partial charge in [0.05, 0.1) is 23.4 Å². The first-order chi connectivity index (χ1) is 16.6. The van der Waals surface area contributed by atoms with Crippen LogP contribution < -0.4 is 15.7 Å². The normalized spacial score (nSPS) is 13.4. The number of alkyl halides is 3. The van der Waals surface area contributed by atoms with E-state index >= 15 is 0 Å². The second-order valence-electron chi connectivity index (χ2n) is 8.47. The SMILES string of the molecule is COn1c(NCc2ccc(C(F)(F)F)cc2)nc2c(c1=O)CN(C(=O)c1ccc(C)c(C)c1)CC2. The lowest BCUT2D eigenvalue weighted by atomic mass is 10.0. The number of nitrogens with one attached hydrogen (secondary N) is 1. The summed E-state index contributed by atoms with van der Waals surface area (Å²) in [5.41, 5.74) is 3.00. The minimum Gasteiger partial charge on any atom is -0.411 e. The molecule has 1 amide bonds. The van der Waals surface area contributed by atoms with E-state index < -0.39 is 17.3 Å². The van der Waals surface area contributed by atoms with E-state index in [9.17, 15) is 22.8 Å². The summed E-state index contributed by atoms with van der Waals surface area (Å²) in [5.74, 6) is -0.0169. The van der Waals surface area contributed by atoms with Crippen LogP contribution in [0.3, 0.4) is 0 Å². The number of hydrogen-bond acceptors (Lipinski definition) is 5. The fourth-order valence-corrected chi connectivity index (χ4v) is 3.96. The maximum atomic E-state index is 13.1. The summed E-state index contributed by atoms with van der Waals surface area (Å²) < 4.78 is 39.3. The van der Waals surface area contributed by atoms with E-state index in [2.05, 4.69) is 10.3 Å². The van der Waals surface area contributed by atoms with Crippen molar-refractivity contribution in [2.75, 3.05) is 19.0 Å². The highest BCUT2D eigenvalue weighted by Gasteiger charge is 2.30. The number of halogens is 3. The average molecular weight is 486 g/mol. The average Bonchev–Trinajstić information content (AvgIpc) is 2.83. The summed E-state index contributed by atoms with van der Waals surface area (Å²) in [5, 5.41) is 2.97. The first-order valence-corrected chi connectivity index (χ1v) is 11.0. The van der Waals surface area contributed by atoms with Crippen LogP contribution in [0.2, 0.25) is 0 Å². The number of rotatable bonds is 5. The fourth-order valence-electron chi connectivity index (χ4n) is 3.96. The van der Waals surface area contributed by atoms with Gasteiger partial charge in [0.15, 0.2) is 0 Å². The molecule has 0 fully saturated rings. The van der Waals surface area contributed by atoms with Crippen molar-refractivity contribution in [1.82, 2.24) is 14.6 Å². The Morgan fingerprint density at radius 3 is 2.46 bits per heavy atom. The molecular formula is C25H25F3N4O3. The zero-order valence-electron chi connectivity index (χ0n) is 19.6. The minimum atomic E-state index is -4.41. The van der Waals surface area contributed by atoms with Crippen molar-refractivity contribution in [2.45, 2.75) is 39.5 Å². The van der Waals surface area contributed by atoms with Crippen molar-refractivity contribution in [3.63, 3.8) is 0 Å². The number of amides is 1. The molecule has 1 aliphatic heterocycles. The monoisotopic (exact) mass is 486 g/mol. The van der Waals surface area contributed by atoms with Gasteiger partial charge >= 0.3 is 6.18 Å². The van der Waals surface area contributed by atoms with Crippen LogP contribution in [-0.4, -0.2) is 34.2 Å². The molecule has 0 radical (unpaired) electrons. The van der Waals surface area contributed by atoms with E-state index in [1.54, 1.807) is 11.0 Å². The Hall–Kier alpha value is -3.82. The minimum absolute atomic E-state index is 0.107. The van der Waals surface area contributed by atoms with Gasteiger partial charge in [-0.15, -0.1) is 4.73 Å². The third-order valence-corrected chi connectivity index (χ3v) is 6.15. The molecule has 0 bridgehead atoms. The van der Waals surface area contributed by atoms with Crippen LogP contribution in [0.1, 0.15) is 43.9 Å². The van der Waals surface area contributed by atoms with Gasteiger partial charge in [0.2, 0.25) is 5.95 Å². The molecular weight excluding hydrogens is 461 g/mol. The molecule has 1 N–H and O–H groups in total. The summed E-state index contributed by atoms with van der Waals surface area (Å²) in [6.45, 7) is 4.57. The molecule has 2 aromatic carbocycles. The topological polar surface area (TPSA) is 76.5 Å². The smallest absolute Gasteiger partial charge is 0.411 e. The van der Waals surface area contributed by atoms with Gasteiger partial charge in [0.25, 0.3) is 11.5 Å². The first-order valence-electron chi connectivity index (χ1n) is 11.0. The number of benzene rings is 2. The maximum absolute atomic E-state index is 13.1. The lowest BCUT2D eigenvalue weighted by Gasteiger charge is -2.29. The van der Waals surface area contributed by atoms with Crippen molar-refractivity contribution < 1.29 is 22.8 Å². The molecule has 0 saturated carbocycles. The molecule has 0 spiro atoms. The Kier molecular flexibility index (Phi) is 6.56. The van der Waals surface area contributed by atoms with Gasteiger partial charge in [-0.2, -0.15) is 13.2 Å². The molecule has 1 aliphatic rings. The van der Waals surface area contributed by atoms with Crippen molar-refractivity contribution in [3.8, 4) is 0 Å². The molecule has 4 rings (SSSR count). The second-order valence-corrected chi connectivity index (χ2v) is 8.47. The van der Waals surface area contributed by atoms with Gasteiger partial charge in [-0.1, -0.05) is 18.2 Å². The van der Waals surface area contributed by atoms with Gasteiger partial charge in [-0.3, -0.25) is 9.59 Å². The summed E-state index contributed by atoms with van der Waals surface area (Å²) in [6, 6.07) is 10.2. The van der Waals surface area contributed by atoms with Crippen LogP contribution in [-0.2, 0) is 25.7 Å². The number of fused-ring (bicyclic) bond motifs is 1. The molecule has 10 heteroatoms. The molecule has 184 valence electrons. The molecule has 2 heterocycles. The van der Waals surface area contributed by atoms with Crippen LogP contribution in [0.25, 0.3) is 0 Å². The lowest BCUT2D eigenvalue weighted by Crippen LogP contribution is -2.42. The van der Waals surface area contributed by atoms with Crippen LogP contribution in [0, 0.1) is 13.8 Å². The van der Waals surface area contributed by atoms with Crippen molar-refractivity contribution in [2.24, 2.45) is 0 Å². The van der Waals surface area contributed by atoms with E-state index in [0.717, 1.165) is 28.0 Å². The van der Waals surface area contributed by atoms with E-state index in [1.807, 2.05) is 26.0 Å². The highest BCUT2D eigenvalue weighted by molar-refractivity contribution is 5.94. The highest BCUT2D eigenvalue weighted by atomic mass is 19.4. The number of carbonyl (C=O) groups is 1. The third kappa shape index (κ3) is 5.01. The molecule has 3 aromatic rings. The maximum Gasteiger partial charge on any atom is 0.416 e. The summed E-state index contributed by atoms with van der Waals surface area (Å²) in [7, 11) is 1.32. The largest absolute Gasteiger partial charge is 0.416 e. The van der Waals surface area contributed by atoms with Crippen LogP contribution in [0.15, 0.2) is 47.3 Å². The first kappa shape index (κ1) is 24.3. The van der Waals surface area contributed by atoms with Gasteiger partial charge in [-0.25, -0.2) is 4.98 Å². The molecule has 0 atom stereocenters. The second kappa shape index (κ2) is 9.44. The zero-order chi connectivity index (χ0) is 25.3. The van der Waals surface area contributed by atoms with Crippen molar-refractivity contribution in [3.05, 3.63) is 91.9 Å². The number of hydrogen-bond donors (Lipinski definition) is 1. The van der Waals surface area contributed by atoms with Gasteiger partial charge < -0.3 is 15.1 Å². The van der Waals surface area contributed by atoms with Crippen LogP contribution >= 0.6 is 0 Å². The predicted molar refractivity (Wildman–Crippen MR) is 124 cm³/mol. The Morgan fingerprint density at radius 1 is 1.11 bits per heavy atom. The number of aromatic nitrogens is 2. The summed E-state index contributed by atoms with van der Waals surface area (Å²) in [4.78, 5) is 37.5. The lowest BCUT2D eigenvalue weighted by molar-refractivity contribution is -0.137. The van der Waals surface area contributed by atoms with Gasteiger partial charge in [-0.05, 0) is 54.8 Å². The Balaban J connectivity index is 1.53. The number of aryl methyl sites for hydroxylation is 2. The third-order valence-electron chi connectivity index (χ3n) is 6.15. The molecule has 0 aliphatic carbocycles. The number of carbonyl (C=O) groups excluding carboxylic acids is 1. The Morgan fingerprint density at radius 2 is 1.83 bits per heavy atom. The van der Waals surface area contributed by atoms with Gasteiger partial charge in [0, 0.05) is 25.1 Å². The summed E-state index contributed by atoms with van der Waals surface area (Å²) in [6.07, 6.45) is -4.02. The quantitative estimate of drug-likeness (QED) is 0.595. The molecule has 0 saturated heterocycles. The molecule has 7 nitrogen and oxygen atoms in total. The van der Waals surface area contributed by atoms with Crippen LogP contribution in [0.4, 0.5) is 19.1 Å². The fraction of sp³-hybridized carbons (Fsp3) is 0.320. The van der Waals surface area contributed by atoms with Gasteiger partial charge in [0.1, 0.15) is 7.11 Å². The van der Waals surface area contributed by atoms with Crippen molar-refractivity contribution >= 4 is 11.9 Å². The summed E-state index contributed by atoms with van der Waals surface area (Å²) >= 11 is 0. The molecule has 1 aromatic heterocycles. The standard InChI is InChI=1S/C25H25F3N4O3/c1-15-4-7-18(12-16(15)2)22(33)31-11-10-21-20(14-31)23(34)32(35-3)24(30-21)29-13-17-5-8-19(9-6-17)25(26,27)28/h4-9,12H,10-11,13-14H2,1-3H3,(H,29,30). The molecule has 0 unspecified atom stereocenters. The van der Waals surface area contributed by atoms with E-state index in [1.165, 1.54) is 19.2 Å². The highest BCUT2D eigenvalue weighted by Crippen LogP contribution is 2.29. The predicted octanol–water partition coefficient (Wildman–Crippen LogP) is 3.75. The Labute approximate surface area is 200 Å². The van der Waals surface area contributed by atoms with E-state index in [0.29, 0.717) is 35.3 Å². The molecule has 35 heavy (non-hydrogen) atoms. The van der Waals surface area contributed by atoms with Crippen molar-refractivity contribution in [1.29, 1.82) is 0 Å². The number of anilines is 1. The number of nitrogens with zero attached hydrogens (tertiary/aromatic N) is 3. The zero-order valence-corrected chi connectivity index (χ0v) is 19.6. The Bertz CT molecular complexity index is 1320. The van der Waals surface area contributed by atoms with Crippen LogP contribution in [0.5, 0.6) is 0 Å².